The third kappa shape index (κ3) is 8.06. The third-order valence-corrected chi connectivity index (χ3v) is 3.15. The number of hydrogen-bond donors (Lipinski definition) is 2. The van der Waals surface area contributed by atoms with Crippen LogP contribution in [0, 0.1) is 17.2 Å². The van der Waals surface area contributed by atoms with Crippen LogP contribution in [0.5, 0.6) is 0 Å². The van der Waals surface area contributed by atoms with Crippen molar-refractivity contribution >= 4 is 17.8 Å². The molecule has 1 aromatic carbocycles. The van der Waals surface area contributed by atoms with E-state index in [1.165, 1.54) is 4.90 Å². The molecule has 1 rings (SSSR count). The van der Waals surface area contributed by atoms with Gasteiger partial charge in [0, 0.05) is 25.8 Å². The highest BCUT2D eigenvalue weighted by Gasteiger charge is 2.20. The number of benzene rings is 1. The van der Waals surface area contributed by atoms with E-state index in [4.69, 9.17) is 10.00 Å². The van der Waals surface area contributed by atoms with Crippen LogP contribution in [0.4, 0.5) is 15.3 Å². The quantitative estimate of drug-likeness (QED) is 0.856. The van der Waals surface area contributed by atoms with Gasteiger partial charge in [0.1, 0.15) is 5.60 Å². The van der Waals surface area contributed by atoms with Crippen molar-refractivity contribution in [2.24, 2.45) is 5.92 Å². The second kappa shape index (κ2) is 8.92. The van der Waals surface area contributed by atoms with Crippen molar-refractivity contribution in [2.75, 3.05) is 25.5 Å². The van der Waals surface area contributed by atoms with Crippen LogP contribution in [0.25, 0.3) is 0 Å². The highest BCUT2D eigenvalue weighted by atomic mass is 16.6. The van der Waals surface area contributed by atoms with Crippen LogP contribution < -0.4 is 10.6 Å². The normalized spacial score (nSPS) is 11.8. The Morgan fingerprint density at radius 3 is 2.64 bits per heavy atom. The second-order valence-electron chi connectivity index (χ2n) is 6.99. The van der Waals surface area contributed by atoms with Crippen LogP contribution >= 0.6 is 0 Å². The average molecular weight is 346 g/mol. The van der Waals surface area contributed by atoms with E-state index in [-0.39, 0.29) is 11.9 Å². The smallest absolute Gasteiger partial charge is 0.410 e. The first-order chi connectivity index (χ1) is 11.6. The Morgan fingerprint density at radius 1 is 1.36 bits per heavy atom. The highest BCUT2D eigenvalue weighted by Crippen LogP contribution is 2.11. The standard InChI is InChI=1S/C18H26N4O3/c1-13(12-22(5)17(24)25-18(2,3)4)11-20-16(23)21-15-8-6-7-14(9-15)10-19/h6-9,13H,11-12H2,1-5H3,(H2,20,21,23). The van der Waals surface area contributed by atoms with Gasteiger partial charge in [0.15, 0.2) is 0 Å². The van der Waals surface area contributed by atoms with Crippen LogP contribution in [0.15, 0.2) is 24.3 Å². The van der Waals surface area contributed by atoms with Gasteiger partial charge in [0.05, 0.1) is 11.6 Å². The van der Waals surface area contributed by atoms with Crippen LogP contribution in [0.3, 0.4) is 0 Å². The van der Waals surface area contributed by atoms with Crippen LogP contribution in [-0.2, 0) is 4.74 Å². The maximum atomic E-state index is 11.9. The van der Waals surface area contributed by atoms with Gasteiger partial charge in [-0.25, -0.2) is 9.59 Å². The Hall–Kier alpha value is -2.75. The maximum absolute atomic E-state index is 11.9. The zero-order valence-corrected chi connectivity index (χ0v) is 15.4. The molecule has 1 unspecified atom stereocenters. The number of carbonyl (C=O) groups excluding carboxylic acids is 2. The summed E-state index contributed by atoms with van der Waals surface area (Å²) in [5.74, 6) is 0.0497. The molecular formula is C18H26N4O3. The molecule has 0 saturated heterocycles. The monoisotopic (exact) mass is 346 g/mol. The van der Waals surface area contributed by atoms with Crippen LogP contribution in [-0.4, -0.2) is 42.8 Å². The van der Waals surface area contributed by atoms with Gasteiger partial charge in [0.2, 0.25) is 0 Å². The number of anilines is 1. The molecule has 1 atom stereocenters. The zero-order chi connectivity index (χ0) is 19.0. The summed E-state index contributed by atoms with van der Waals surface area (Å²) in [6.45, 7) is 8.23. The fourth-order valence-corrected chi connectivity index (χ4v) is 2.06. The van der Waals surface area contributed by atoms with E-state index in [1.54, 1.807) is 31.3 Å². The lowest BCUT2D eigenvalue weighted by Gasteiger charge is -2.26. The molecule has 1 aromatic rings. The number of urea groups is 1. The predicted molar refractivity (Wildman–Crippen MR) is 96.2 cm³/mol. The van der Waals surface area contributed by atoms with Gasteiger partial charge in [0.25, 0.3) is 0 Å². The lowest BCUT2D eigenvalue weighted by Crippen LogP contribution is -2.40. The van der Waals surface area contributed by atoms with E-state index >= 15 is 0 Å². The van der Waals surface area contributed by atoms with Gasteiger partial charge >= 0.3 is 12.1 Å². The molecule has 136 valence electrons. The Morgan fingerprint density at radius 2 is 2.04 bits per heavy atom. The van der Waals surface area contributed by atoms with E-state index in [1.807, 2.05) is 33.8 Å². The molecule has 0 radical (unpaired) electrons. The fourth-order valence-electron chi connectivity index (χ4n) is 2.06. The molecule has 0 heterocycles. The number of nitrogens with zero attached hydrogens (tertiary/aromatic N) is 2. The maximum Gasteiger partial charge on any atom is 0.410 e. The largest absolute Gasteiger partial charge is 0.444 e. The molecule has 7 heteroatoms. The van der Waals surface area contributed by atoms with Crippen molar-refractivity contribution in [1.82, 2.24) is 10.2 Å². The van der Waals surface area contributed by atoms with Crippen molar-refractivity contribution in [3.8, 4) is 6.07 Å². The summed E-state index contributed by atoms with van der Waals surface area (Å²) in [5, 5.41) is 14.3. The van der Waals surface area contributed by atoms with Crippen LogP contribution in [0.2, 0.25) is 0 Å². The third-order valence-electron chi connectivity index (χ3n) is 3.15. The van der Waals surface area contributed by atoms with Crippen molar-refractivity contribution in [1.29, 1.82) is 5.26 Å². The number of hydrogen-bond acceptors (Lipinski definition) is 4. The summed E-state index contributed by atoms with van der Waals surface area (Å²) in [4.78, 5) is 25.3. The first kappa shape index (κ1) is 20.3. The number of rotatable bonds is 5. The van der Waals surface area contributed by atoms with Gasteiger partial charge in [-0.3, -0.25) is 0 Å². The summed E-state index contributed by atoms with van der Waals surface area (Å²) in [7, 11) is 1.66. The van der Waals surface area contributed by atoms with Crippen molar-refractivity contribution in [3.63, 3.8) is 0 Å². The summed E-state index contributed by atoms with van der Waals surface area (Å²) < 4.78 is 5.29. The van der Waals surface area contributed by atoms with E-state index in [9.17, 15) is 9.59 Å². The molecule has 7 nitrogen and oxygen atoms in total. The summed E-state index contributed by atoms with van der Waals surface area (Å²) in [6, 6.07) is 8.33. The number of ether oxygens (including phenoxy) is 1. The van der Waals surface area contributed by atoms with Gasteiger partial charge in [-0.15, -0.1) is 0 Å². The SMILES string of the molecule is CC(CNC(=O)Nc1cccc(C#N)c1)CN(C)C(=O)OC(C)(C)C. The fraction of sp³-hybridized carbons (Fsp3) is 0.500. The zero-order valence-electron chi connectivity index (χ0n) is 15.4. The number of nitrogens with one attached hydrogen (secondary N) is 2. The molecule has 0 fully saturated rings. The Kier molecular flexibility index (Phi) is 7.24. The molecule has 0 aliphatic carbocycles. The Balaban J connectivity index is 2.40. The van der Waals surface area contributed by atoms with Crippen molar-refractivity contribution in [2.45, 2.75) is 33.3 Å². The summed E-state index contributed by atoms with van der Waals surface area (Å²) >= 11 is 0. The topological polar surface area (TPSA) is 94.5 Å². The van der Waals surface area contributed by atoms with E-state index < -0.39 is 11.7 Å². The minimum atomic E-state index is -0.537. The molecule has 3 amide bonds. The molecule has 0 aliphatic heterocycles. The summed E-state index contributed by atoms with van der Waals surface area (Å²) in [5.41, 5.74) is 0.491. The molecule has 2 N–H and O–H groups in total. The lowest BCUT2D eigenvalue weighted by molar-refractivity contribution is 0.0278. The van der Waals surface area contributed by atoms with Gasteiger partial charge in [-0.05, 0) is 44.9 Å². The molecule has 0 aromatic heterocycles. The van der Waals surface area contributed by atoms with Crippen molar-refractivity contribution < 1.29 is 14.3 Å². The van der Waals surface area contributed by atoms with E-state index in [2.05, 4.69) is 10.6 Å². The molecule has 0 spiro atoms. The highest BCUT2D eigenvalue weighted by molar-refractivity contribution is 5.89. The van der Waals surface area contributed by atoms with Gasteiger partial charge in [-0.2, -0.15) is 5.26 Å². The average Bonchev–Trinajstić information content (AvgIpc) is 2.51. The van der Waals surface area contributed by atoms with Crippen molar-refractivity contribution in [3.05, 3.63) is 29.8 Å². The Bertz CT molecular complexity index is 646. The minimum Gasteiger partial charge on any atom is -0.444 e. The molecule has 25 heavy (non-hydrogen) atoms. The second-order valence-corrected chi connectivity index (χ2v) is 6.99. The molecule has 0 aliphatic rings. The number of amides is 3. The first-order valence-electron chi connectivity index (χ1n) is 8.10. The summed E-state index contributed by atoms with van der Waals surface area (Å²) in [6.07, 6.45) is -0.392. The lowest BCUT2D eigenvalue weighted by atomic mass is 10.1. The van der Waals surface area contributed by atoms with E-state index in [0.717, 1.165) is 0 Å². The number of nitriles is 1. The van der Waals surface area contributed by atoms with E-state index in [0.29, 0.717) is 24.3 Å². The molecular weight excluding hydrogens is 320 g/mol. The van der Waals surface area contributed by atoms with Gasteiger partial charge < -0.3 is 20.3 Å². The molecule has 0 saturated carbocycles. The van der Waals surface area contributed by atoms with Crippen LogP contribution in [0.1, 0.15) is 33.3 Å². The molecule has 0 bridgehead atoms. The minimum absolute atomic E-state index is 0.0497. The Labute approximate surface area is 148 Å². The predicted octanol–water partition coefficient (Wildman–Crippen LogP) is 3.18. The first-order valence-corrected chi connectivity index (χ1v) is 8.10. The van der Waals surface area contributed by atoms with Gasteiger partial charge in [-0.1, -0.05) is 13.0 Å². The number of carbonyl (C=O) groups is 2.